The van der Waals surface area contributed by atoms with Crippen LogP contribution in [0.2, 0.25) is 0 Å². The Morgan fingerprint density at radius 1 is 1.23 bits per heavy atom. The molecule has 0 N–H and O–H groups in total. The first-order chi connectivity index (χ1) is 14.9. The third kappa shape index (κ3) is 5.85. The highest BCUT2D eigenvalue weighted by Gasteiger charge is 2.29. The molecule has 1 aromatic carbocycles. The van der Waals surface area contributed by atoms with Gasteiger partial charge >= 0.3 is 0 Å². The van der Waals surface area contributed by atoms with Crippen LogP contribution in [0.1, 0.15) is 65.3 Å². The molecule has 2 heterocycles. The van der Waals surface area contributed by atoms with E-state index in [9.17, 15) is 9.59 Å². The number of rotatable bonds is 3. The first-order valence-electron chi connectivity index (χ1n) is 11.1. The monoisotopic (exact) mass is 443 g/mol. The van der Waals surface area contributed by atoms with Gasteiger partial charge in [0.25, 0.3) is 11.8 Å². The number of aryl methyl sites for hydroxylation is 1. The molecule has 0 spiro atoms. The standard InChI is InChI=1S/C24H33N3O3S/c1-17(2)14-19-15-30-21-11-7-6-10-20(21)23(28)26(4)12-8-5-9-13-27(19)24(29)22-18(3)25-16-31-22/h6-7,10-11,16-17,19H,5,8-9,12-15H2,1-4H3/t19-/m0/s1. The summed E-state index contributed by atoms with van der Waals surface area (Å²) in [5, 5.41) is 0. The molecule has 6 nitrogen and oxygen atoms in total. The summed E-state index contributed by atoms with van der Waals surface area (Å²) in [4.78, 5) is 35.1. The molecule has 31 heavy (non-hydrogen) atoms. The molecule has 7 heteroatoms. The highest BCUT2D eigenvalue weighted by atomic mass is 32.1. The van der Waals surface area contributed by atoms with Gasteiger partial charge in [-0.1, -0.05) is 26.0 Å². The van der Waals surface area contributed by atoms with Crippen molar-refractivity contribution in [1.29, 1.82) is 0 Å². The zero-order chi connectivity index (χ0) is 22.4. The number of amides is 2. The number of fused-ring (bicyclic) bond motifs is 1. The van der Waals surface area contributed by atoms with Crippen molar-refractivity contribution in [2.24, 2.45) is 5.92 Å². The molecule has 2 amide bonds. The van der Waals surface area contributed by atoms with Gasteiger partial charge in [-0.15, -0.1) is 11.3 Å². The fourth-order valence-corrected chi connectivity index (χ4v) is 4.74. The number of hydrogen-bond donors (Lipinski definition) is 0. The number of para-hydroxylation sites is 1. The van der Waals surface area contributed by atoms with Crippen LogP contribution in [0, 0.1) is 12.8 Å². The molecule has 0 bridgehead atoms. The van der Waals surface area contributed by atoms with Gasteiger partial charge in [0.15, 0.2) is 0 Å². The fourth-order valence-electron chi connectivity index (χ4n) is 3.99. The van der Waals surface area contributed by atoms with E-state index >= 15 is 0 Å². The van der Waals surface area contributed by atoms with Gasteiger partial charge in [0, 0.05) is 20.1 Å². The zero-order valence-corrected chi connectivity index (χ0v) is 19.8. The Labute approximate surface area is 189 Å². The van der Waals surface area contributed by atoms with Crippen molar-refractivity contribution in [3.8, 4) is 5.75 Å². The normalized spacial score (nSPS) is 18.6. The van der Waals surface area contributed by atoms with Crippen molar-refractivity contribution in [2.45, 2.75) is 52.5 Å². The maximum atomic E-state index is 13.5. The van der Waals surface area contributed by atoms with Crippen molar-refractivity contribution in [3.63, 3.8) is 0 Å². The molecular formula is C24H33N3O3S. The first kappa shape index (κ1) is 23.3. The Balaban J connectivity index is 1.93. The summed E-state index contributed by atoms with van der Waals surface area (Å²) in [5.74, 6) is 0.993. The van der Waals surface area contributed by atoms with Gasteiger partial charge in [0.2, 0.25) is 0 Å². The predicted octanol–water partition coefficient (Wildman–Crippen LogP) is 4.64. The number of thiazole rings is 1. The molecular weight excluding hydrogens is 410 g/mol. The Hall–Kier alpha value is -2.41. The first-order valence-corrected chi connectivity index (χ1v) is 11.9. The number of hydrogen-bond acceptors (Lipinski definition) is 5. The third-order valence-electron chi connectivity index (χ3n) is 5.67. The lowest BCUT2D eigenvalue weighted by atomic mass is 10.0. The van der Waals surface area contributed by atoms with Gasteiger partial charge in [-0.2, -0.15) is 0 Å². The quantitative estimate of drug-likeness (QED) is 0.693. The number of carbonyl (C=O) groups excluding carboxylic acids is 2. The van der Waals surface area contributed by atoms with Gasteiger partial charge in [-0.3, -0.25) is 9.59 Å². The molecule has 3 rings (SSSR count). The molecule has 0 fully saturated rings. The topological polar surface area (TPSA) is 62.7 Å². The van der Waals surface area contributed by atoms with E-state index in [2.05, 4.69) is 18.8 Å². The van der Waals surface area contributed by atoms with Gasteiger partial charge < -0.3 is 14.5 Å². The largest absolute Gasteiger partial charge is 0.491 e. The van der Waals surface area contributed by atoms with E-state index in [1.54, 1.807) is 10.4 Å². The molecule has 0 aliphatic carbocycles. The molecule has 2 aromatic rings. The van der Waals surface area contributed by atoms with E-state index in [-0.39, 0.29) is 17.9 Å². The molecule has 1 atom stereocenters. The summed E-state index contributed by atoms with van der Waals surface area (Å²) in [7, 11) is 1.84. The number of benzene rings is 1. The molecule has 0 radical (unpaired) electrons. The van der Waals surface area contributed by atoms with Gasteiger partial charge in [0.1, 0.15) is 17.2 Å². The number of carbonyl (C=O) groups is 2. The van der Waals surface area contributed by atoms with Gasteiger partial charge in [-0.05, 0) is 50.7 Å². The van der Waals surface area contributed by atoms with Crippen LogP contribution in [0.25, 0.3) is 0 Å². The number of nitrogens with zero attached hydrogens (tertiary/aromatic N) is 3. The average molecular weight is 444 g/mol. The predicted molar refractivity (Wildman–Crippen MR) is 124 cm³/mol. The lowest BCUT2D eigenvalue weighted by molar-refractivity contribution is 0.0577. The van der Waals surface area contributed by atoms with Gasteiger partial charge in [-0.25, -0.2) is 4.98 Å². The Morgan fingerprint density at radius 3 is 2.68 bits per heavy atom. The van der Waals surface area contributed by atoms with Crippen molar-refractivity contribution in [3.05, 3.63) is 45.9 Å². The second-order valence-electron chi connectivity index (χ2n) is 8.64. The van der Waals surface area contributed by atoms with E-state index in [1.807, 2.05) is 43.1 Å². The number of ether oxygens (including phenoxy) is 1. The van der Waals surface area contributed by atoms with Crippen LogP contribution in [-0.2, 0) is 0 Å². The van der Waals surface area contributed by atoms with E-state index < -0.39 is 0 Å². The van der Waals surface area contributed by atoms with E-state index in [1.165, 1.54) is 11.3 Å². The molecule has 1 aliphatic rings. The lowest BCUT2D eigenvalue weighted by Gasteiger charge is -2.33. The molecule has 1 aliphatic heterocycles. The van der Waals surface area contributed by atoms with Crippen molar-refractivity contribution in [2.75, 3.05) is 26.7 Å². The van der Waals surface area contributed by atoms with Gasteiger partial charge in [0.05, 0.1) is 22.8 Å². The van der Waals surface area contributed by atoms with E-state index in [4.69, 9.17) is 4.74 Å². The van der Waals surface area contributed by atoms with Crippen molar-refractivity contribution in [1.82, 2.24) is 14.8 Å². The average Bonchev–Trinajstić information content (AvgIpc) is 3.18. The maximum absolute atomic E-state index is 13.5. The molecule has 1 aromatic heterocycles. The minimum Gasteiger partial charge on any atom is -0.491 e. The Morgan fingerprint density at radius 2 is 1.97 bits per heavy atom. The Bertz CT molecular complexity index is 896. The lowest BCUT2D eigenvalue weighted by Crippen LogP contribution is -2.45. The summed E-state index contributed by atoms with van der Waals surface area (Å²) in [6, 6.07) is 7.32. The second kappa shape index (κ2) is 10.8. The Kier molecular flexibility index (Phi) is 8.07. The minimum absolute atomic E-state index is 0.0246. The van der Waals surface area contributed by atoms with Crippen LogP contribution in [0.4, 0.5) is 0 Å². The molecule has 0 saturated heterocycles. The summed E-state index contributed by atoms with van der Waals surface area (Å²) < 4.78 is 6.21. The van der Waals surface area contributed by atoms with Crippen molar-refractivity contribution >= 4 is 23.2 Å². The smallest absolute Gasteiger partial charge is 0.266 e. The van der Waals surface area contributed by atoms with E-state index in [0.29, 0.717) is 41.8 Å². The summed E-state index contributed by atoms with van der Waals surface area (Å²) in [5.41, 5.74) is 3.08. The second-order valence-corrected chi connectivity index (χ2v) is 9.50. The summed E-state index contributed by atoms with van der Waals surface area (Å²) in [6.07, 6.45) is 3.59. The third-order valence-corrected chi connectivity index (χ3v) is 6.59. The van der Waals surface area contributed by atoms with Crippen LogP contribution in [0.15, 0.2) is 29.8 Å². The van der Waals surface area contributed by atoms with Crippen LogP contribution in [-0.4, -0.2) is 59.4 Å². The maximum Gasteiger partial charge on any atom is 0.266 e. The van der Waals surface area contributed by atoms with Crippen LogP contribution >= 0.6 is 11.3 Å². The van der Waals surface area contributed by atoms with E-state index in [0.717, 1.165) is 31.4 Å². The van der Waals surface area contributed by atoms with Crippen molar-refractivity contribution < 1.29 is 14.3 Å². The highest BCUT2D eigenvalue weighted by Crippen LogP contribution is 2.25. The van der Waals surface area contributed by atoms with Crippen LogP contribution in [0.3, 0.4) is 0 Å². The highest BCUT2D eigenvalue weighted by molar-refractivity contribution is 7.11. The SMILES string of the molecule is Cc1ncsc1C(=O)N1CCCCCN(C)C(=O)c2ccccc2OC[C@@H]1CC(C)C. The van der Waals surface area contributed by atoms with Crippen LogP contribution in [0.5, 0.6) is 5.75 Å². The summed E-state index contributed by atoms with van der Waals surface area (Å²) in [6.45, 7) is 7.93. The molecule has 168 valence electrons. The minimum atomic E-state index is -0.0735. The van der Waals surface area contributed by atoms with Crippen LogP contribution < -0.4 is 4.74 Å². The number of aromatic nitrogens is 1. The molecule has 0 saturated carbocycles. The molecule has 0 unspecified atom stereocenters. The zero-order valence-electron chi connectivity index (χ0n) is 19.0. The fraction of sp³-hybridized carbons (Fsp3) is 0.542. The summed E-state index contributed by atoms with van der Waals surface area (Å²) >= 11 is 1.40.